The molecule has 0 bridgehead atoms. The van der Waals surface area contributed by atoms with Crippen LogP contribution in [0.25, 0.3) is 22.3 Å². The van der Waals surface area contributed by atoms with Crippen LogP contribution in [0.3, 0.4) is 0 Å². The molecule has 0 N–H and O–H groups in total. The number of aromatic nitrogens is 4. The number of rotatable bonds is 2. The molecule has 0 aliphatic carbocycles. The molecule has 0 aliphatic rings. The highest BCUT2D eigenvalue weighted by atomic mass is 35.5. The maximum Gasteiger partial charge on any atom is 0.224 e. The van der Waals surface area contributed by atoms with E-state index < -0.39 is 0 Å². The molecule has 1 amide bonds. The van der Waals surface area contributed by atoms with Gasteiger partial charge in [0.1, 0.15) is 16.5 Å². The first-order valence-electron chi connectivity index (χ1n) is 6.65. The quantitative estimate of drug-likeness (QED) is 0.682. The van der Waals surface area contributed by atoms with Gasteiger partial charge < -0.3 is 9.47 Å². The molecule has 22 heavy (non-hydrogen) atoms. The fourth-order valence-corrected chi connectivity index (χ4v) is 2.48. The van der Waals surface area contributed by atoms with Gasteiger partial charge in [-0.2, -0.15) is 0 Å². The molecule has 0 unspecified atom stereocenters. The average molecular weight is 316 g/mol. The first-order valence-corrected chi connectivity index (χ1v) is 7.03. The zero-order valence-corrected chi connectivity index (χ0v) is 13.2. The van der Waals surface area contributed by atoms with Gasteiger partial charge in [-0.15, -0.1) is 0 Å². The van der Waals surface area contributed by atoms with Crippen molar-refractivity contribution in [1.29, 1.82) is 0 Å². The molecule has 0 saturated carbocycles. The molecule has 6 nitrogen and oxygen atoms in total. The number of hydrogen-bond donors (Lipinski definition) is 0. The molecule has 112 valence electrons. The molecule has 3 aromatic heterocycles. The SMILES string of the molecule is CC(=O)N(C)c1cc(-c2cn(C)c3nccnc23)cc(Cl)n1. The number of halogens is 1. The second-order valence-electron chi connectivity index (χ2n) is 5.00. The number of carbonyl (C=O) groups excluding carboxylic acids is 1. The van der Waals surface area contributed by atoms with Crippen LogP contribution in [-0.4, -0.2) is 32.5 Å². The maximum atomic E-state index is 11.5. The summed E-state index contributed by atoms with van der Waals surface area (Å²) in [6.07, 6.45) is 5.24. The summed E-state index contributed by atoms with van der Waals surface area (Å²) >= 11 is 6.11. The van der Waals surface area contributed by atoms with E-state index in [4.69, 9.17) is 11.6 Å². The maximum absolute atomic E-state index is 11.5. The van der Waals surface area contributed by atoms with Crippen molar-refractivity contribution >= 4 is 34.5 Å². The number of amides is 1. The number of aryl methyl sites for hydroxylation is 1. The normalized spacial score (nSPS) is 10.9. The Hall–Kier alpha value is -2.47. The van der Waals surface area contributed by atoms with Crippen LogP contribution >= 0.6 is 11.6 Å². The van der Waals surface area contributed by atoms with Crippen LogP contribution in [0, 0.1) is 0 Å². The Labute approximate surface area is 132 Å². The van der Waals surface area contributed by atoms with Crippen LogP contribution in [0.4, 0.5) is 5.82 Å². The fraction of sp³-hybridized carbons (Fsp3) is 0.200. The summed E-state index contributed by atoms with van der Waals surface area (Å²) in [6.45, 7) is 1.48. The van der Waals surface area contributed by atoms with Crippen LogP contribution in [-0.2, 0) is 11.8 Å². The highest BCUT2D eigenvalue weighted by molar-refractivity contribution is 6.30. The lowest BCUT2D eigenvalue weighted by Crippen LogP contribution is -2.23. The van der Waals surface area contributed by atoms with Gasteiger partial charge in [-0.05, 0) is 17.7 Å². The lowest BCUT2D eigenvalue weighted by atomic mass is 10.1. The van der Waals surface area contributed by atoms with Gasteiger partial charge in [0.05, 0.1) is 0 Å². The van der Waals surface area contributed by atoms with E-state index in [1.54, 1.807) is 25.5 Å². The van der Waals surface area contributed by atoms with Gasteiger partial charge in [0, 0.05) is 45.2 Å². The highest BCUT2D eigenvalue weighted by Crippen LogP contribution is 2.31. The molecule has 0 aliphatic heterocycles. The molecule has 0 fully saturated rings. The van der Waals surface area contributed by atoms with Crippen LogP contribution in [0.15, 0.2) is 30.7 Å². The average Bonchev–Trinajstić information content (AvgIpc) is 2.83. The third-order valence-electron chi connectivity index (χ3n) is 3.50. The van der Waals surface area contributed by atoms with Crippen molar-refractivity contribution in [2.75, 3.05) is 11.9 Å². The molecule has 3 rings (SSSR count). The predicted octanol–water partition coefficient (Wildman–Crippen LogP) is 2.67. The topological polar surface area (TPSA) is 63.9 Å². The number of nitrogens with zero attached hydrogens (tertiary/aromatic N) is 5. The zero-order chi connectivity index (χ0) is 15.9. The molecule has 0 radical (unpaired) electrons. The number of hydrogen-bond acceptors (Lipinski definition) is 4. The first-order chi connectivity index (χ1) is 10.5. The molecule has 7 heteroatoms. The molecule has 0 atom stereocenters. The number of pyridine rings is 1. The standard InChI is InChI=1S/C15H14ClN5O/c1-9(22)21(3)13-7-10(6-12(16)19-13)11-8-20(2)15-14(11)17-4-5-18-15/h4-8H,1-3H3. The van der Waals surface area contributed by atoms with Gasteiger partial charge in [0.25, 0.3) is 0 Å². The van der Waals surface area contributed by atoms with Crippen LogP contribution in [0.1, 0.15) is 6.92 Å². The predicted molar refractivity (Wildman–Crippen MR) is 85.8 cm³/mol. The van der Waals surface area contributed by atoms with E-state index in [2.05, 4.69) is 15.0 Å². The Morgan fingerprint density at radius 2 is 2.00 bits per heavy atom. The molecule has 0 saturated heterocycles. The third kappa shape index (κ3) is 2.42. The fourth-order valence-electron chi connectivity index (χ4n) is 2.28. The van der Waals surface area contributed by atoms with Crippen molar-refractivity contribution < 1.29 is 4.79 Å². The van der Waals surface area contributed by atoms with Crippen molar-refractivity contribution in [3.63, 3.8) is 0 Å². The van der Waals surface area contributed by atoms with Crippen molar-refractivity contribution in [3.8, 4) is 11.1 Å². The summed E-state index contributed by atoms with van der Waals surface area (Å²) < 4.78 is 1.90. The molecule has 3 aromatic rings. The molecule has 0 aromatic carbocycles. The molecular weight excluding hydrogens is 302 g/mol. The Morgan fingerprint density at radius 3 is 2.73 bits per heavy atom. The zero-order valence-electron chi connectivity index (χ0n) is 12.4. The summed E-state index contributed by atoms with van der Waals surface area (Å²) in [5.74, 6) is 0.384. The van der Waals surface area contributed by atoms with E-state index in [-0.39, 0.29) is 5.91 Å². The van der Waals surface area contributed by atoms with E-state index in [9.17, 15) is 4.79 Å². The minimum absolute atomic E-state index is 0.113. The lowest BCUT2D eigenvalue weighted by molar-refractivity contribution is -0.116. The second kappa shape index (κ2) is 5.38. The van der Waals surface area contributed by atoms with Gasteiger partial charge in [-0.3, -0.25) is 9.78 Å². The minimum Gasteiger partial charge on any atom is -0.334 e. The number of carbonyl (C=O) groups is 1. The monoisotopic (exact) mass is 315 g/mol. The summed E-state index contributed by atoms with van der Waals surface area (Å²) in [4.78, 5) is 25.9. The van der Waals surface area contributed by atoms with E-state index in [0.29, 0.717) is 11.0 Å². The summed E-state index contributed by atoms with van der Waals surface area (Å²) in [5.41, 5.74) is 3.30. The first kappa shape index (κ1) is 14.5. The van der Waals surface area contributed by atoms with Gasteiger partial charge in [-0.25, -0.2) is 9.97 Å². The summed E-state index contributed by atoms with van der Waals surface area (Å²) in [6, 6.07) is 3.57. The van der Waals surface area contributed by atoms with Crippen molar-refractivity contribution in [3.05, 3.63) is 35.9 Å². The van der Waals surface area contributed by atoms with Crippen LogP contribution < -0.4 is 4.90 Å². The van der Waals surface area contributed by atoms with E-state index in [1.807, 2.05) is 23.9 Å². The smallest absolute Gasteiger partial charge is 0.224 e. The van der Waals surface area contributed by atoms with E-state index >= 15 is 0 Å². The van der Waals surface area contributed by atoms with Gasteiger partial charge in [-0.1, -0.05) is 11.6 Å². The van der Waals surface area contributed by atoms with Crippen molar-refractivity contribution in [2.24, 2.45) is 7.05 Å². The minimum atomic E-state index is -0.113. The Morgan fingerprint density at radius 1 is 1.27 bits per heavy atom. The molecule has 0 spiro atoms. The number of fused-ring (bicyclic) bond motifs is 1. The van der Waals surface area contributed by atoms with Crippen molar-refractivity contribution in [1.82, 2.24) is 19.5 Å². The van der Waals surface area contributed by atoms with E-state index in [0.717, 1.165) is 22.3 Å². The van der Waals surface area contributed by atoms with Gasteiger partial charge in [0.15, 0.2) is 5.65 Å². The summed E-state index contributed by atoms with van der Waals surface area (Å²) in [7, 11) is 3.57. The molecular formula is C15H14ClN5O. The second-order valence-corrected chi connectivity index (χ2v) is 5.38. The van der Waals surface area contributed by atoms with Gasteiger partial charge in [0.2, 0.25) is 5.91 Å². The third-order valence-corrected chi connectivity index (χ3v) is 3.69. The van der Waals surface area contributed by atoms with Crippen LogP contribution in [0.5, 0.6) is 0 Å². The van der Waals surface area contributed by atoms with Gasteiger partial charge >= 0.3 is 0 Å². The Balaban J connectivity index is 2.21. The Kier molecular flexibility index (Phi) is 3.54. The number of anilines is 1. The lowest BCUT2D eigenvalue weighted by Gasteiger charge is -2.15. The highest BCUT2D eigenvalue weighted by Gasteiger charge is 2.15. The van der Waals surface area contributed by atoms with Crippen LogP contribution in [0.2, 0.25) is 5.15 Å². The summed E-state index contributed by atoms with van der Waals surface area (Å²) in [5, 5.41) is 0.321. The Bertz CT molecular complexity index is 873. The van der Waals surface area contributed by atoms with Crippen molar-refractivity contribution in [2.45, 2.75) is 6.92 Å². The molecule has 3 heterocycles. The largest absolute Gasteiger partial charge is 0.334 e. The van der Waals surface area contributed by atoms with E-state index in [1.165, 1.54) is 11.8 Å².